The topological polar surface area (TPSA) is 269 Å². The average molecular weight is 1430 g/mol. The zero-order valence-electron chi connectivity index (χ0n) is 60.7. The highest BCUT2D eigenvalue weighted by Crippen LogP contribution is 2.57. The number of ketones is 2. The van der Waals surface area contributed by atoms with E-state index in [1.807, 2.05) is 0 Å². The van der Waals surface area contributed by atoms with E-state index in [4.69, 9.17) is 81.5 Å². The van der Waals surface area contributed by atoms with Crippen LogP contribution in [-0.4, -0.2) is 235 Å². The molecular weight excluding hydrogens is 1310 g/mol. The third-order valence-corrected chi connectivity index (χ3v) is 28.3. The molecule has 568 valence electrons. The summed E-state index contributed by atoms with van der Waals surface area (Å²) < 4.78 is 108. The molecule has 20 fully saturated rings. The molecule has 0 aromatic carbocycles. The van der Waals surface area contributed by atoms with Gasteiger partial charge in [0.15, 0.2) is 11.6 Å². The molecule has 20 rings (SSSR count). The van der Waals surface area contributed by atoms with Gasteiger partial charge in [0.2, 0.25) is 0 Å². The Bertz CT molecular complexity index is 2920. The predicted molar refractivity (Wildman–Crippen MR) is 367 cm³/mol. The number of aliphatic hydroxyl groups excluding tert-OH is 3. The van der Waals surface area contributed by atoms with Crippen LogP contribution in [-0.2, 0) is 85.4 Å². The van der Waals surface area contributed by atoms with Gasteiger partial charge in [-0.25, -0.2) is 0 Å². The van der Waals surface area contributed by atoms with Crippen molar-refractivity contribution in [1.29, 1.82) is 0 Å². The highest BCUT2D eigenvalue weighted by molar-refractivity contribution is 5.79. The standard InChI is InChI=1S/C40H59NO10.C40H58O11/c2*1-19-11-25-5-7-29-20(2)12-27(44-29)9-10-40-17-34-36(50-40)37-38(49-34)39(51-40)35-30(48-37)8-6-26(46-35)13-23(42)14-28-22(4)31(15-24(43)18-41)47-33(28)16-32(45-25)21(19)3/h19,22,24-39,43H,2-3,5-18,41H2,1,4H3;19,22,24-39,41,43H,2-3,5-18H2,1,4H3/t2*19-,22-,24+,25?,26?,27+,28-,29+,30?,31-,32-,33+,34+,35?,36?,37+,38-,39+,40?/m11/s1. The monoisotopic (exact) mass is 1430 g/mol. The first-order chi connectivity index (χ1) is 49.1. The van der Waals surface area contributed by atoms with E-state index in [-0.39, 0.29) is 219 Å². The fraction of sp³-hybridized carbons (Fsp3) is 0.875. The van der Waals surface area contributed by atoms with Crippen molar-refractivity contribution >= 4 is 11.6 Å². The molecule has 0 aromatic heterocycles. The van der Waals surface area contributed by atoms with Crippen molar-refractivity contribution in [3.05, 3.63) is 48.6 Å². The first kappa shape index (κ1) is 72.4. The van der Waals surface area contributed by atoms with Gasteiger partial charge < -0.3 is 96.8 Å². The summed E-state index contributed by atoms with van der Waals surface area (Å²) in [7, 11) is 0. The minimum absolute atomic E-state index is 0.00127. The minimum Gasteiger partial charge on any atom is -0.394 e. The van der Waals surface area contributed by atoms with Crippen molar-refractivity contribution in [3.8, 4) is 0 Å². The third kappa shape index (κ3) is 13.9. The second-order valence-corrected chi connectivity index (χ2v) is 35.1. The van der Waals surface area contributed by atoms with Crippen LogP contribution in [0.15, 0.2) is 48.6 Å². The van der Waals surface area contributed by atoms with Gasteiger partial charge in [-0.2, -0.15) is 0 Å². The Labute approximate surface area is 602 Å². The first-order valence-corrected chi connectivity index (χ1v) is 40.1. The maximum Gasteiger partial charge on any atom is 0.172 e. The Morgan fingerprint density at radius 2 is 0.794 bits per heavy atom. The Hall–Kier alpha value is -2.50. The molecule has 0 radical (unpaired) electrons. The summed E-state index contributed by atoms with van der Waals surface area (Å²) in [6.45, 7) is 26.4. The number of carbonyl (C=O) groups excluding carboxylic acids is 2. The van der Waals surface area contributed by atoms with Gasteiger partial charge in [-0.15, -0.1) is 0 Å². The number of aliphatic hydroxyl groups is 3. The van der Waals surface area contributed by atoms with E-state index in [2.05, 4.69) is 54.0 Å². The molecule has 20 saturated heterocycles. The van der Waals surface area contributed by atoms with Crippen molar-refractivity contribution in [1.82, 2.24) is 0 Å². The van der Waals surface area contributed by atoms with Crippen LogP contribution in [0.4, 0.5) is 0 Å². The Balaban J connectivity index is 0.000000152. The number of nitrogens with two attached hydrogens (primary N) is 1. The van der Waals surface area contributed by atoms with Gasteiger partial charge in [0.1, 0.15) is 72.6 Å². The molecule has 24 bridgehead atoms. The molecule has 22 nitrogen and oxygen atoms in total. The summed E-state index contributed by atoms with van der Waals surface area (Å²) in [6, 6.07) is 0. The fourth-order valence-corrected chi connectivity index (χ4v) is 22.5. The molecule has 0 saturated carbocycles. The van der Waals surface area contributed by atoms with Crippen molar-refractivity contribution < 1.29 is 101 Å². The quantitative estimate of drug-likeness (QED) is 0.183. The molecule has 102 heavy (non-hydrogen) atoms. The van der Waals surface area contributed by atoms with E-state index in [0.717, 1.165) is 112 Å². The lowest BCUT2D eigenvalue weighted by Crippen LogP contribution is -2.61. The summed E-state index contributed by atoms with van der Waals surface area (Å²) in [5.74, 6) is -0.589. The van der Waals surface area contributed by atoms with E-state index in [0.29, 0.717) is 88.9 Å². The molecule has 0 amide bonds. The van der Waals surface area contributed by atoms with Crippen LogP contribution >= 0.6 is 0 Å². The highest BCUT2D eigenvalue weighted by Gasteiger charge is 2.71. The molecule has 2 spiro atoms. The molecule has 20 aliphatic rings. The van der Waals surface area contributed by atoms with Crippen LogP contribution in [0, 0.1) is 35.5 Å². The van der Waals surface area contributed by atoms with Crippen LogP contribution < -0.4 is 5.73 Å². The van der Waals surface area contributed by atoms with Gasteiger partial charge in [0, 0.05) is 83.6 Å². The number of Topliss-reactive ketones (excluding diaryl/α,β-unsaturated/α-hetero) is 2. The number of ether oxygens (including phenoxy) is 16. The van der Waals surface area contributed by atoms with Gasteiger partial charge in [0.05, 0.1) is 129 Å². The Morgan fingerprint density at radius 3 is 1.24 bits per heavy atom. The van der Waals surface area contributed by atoms with Crippen molar-refractivity contribution in [2.75, 3.05) is 13.2 Å². The number of fused-ring (bicyclic) bond motifs is 12. The molecule has 20 heterocycles. The predicted octanol–water partition coefficient (Wildman–Crippen LogP) is 8.15. The van der Waals surface area contributed by atoms with Crippen molar-refractivity contribution in [2.24, 2.45) is 41.2 Å². The average Bonchev–Trinajstić information content (AvgIpc) is 1.54. The van der Waals surface area contributed by atoms with Gasteiger partial charge in [-0.05, 0) is 148 Å². The lowest BCUT2D eigenvalue weighted by atomic mass is 9.78. The largest absolute Gasteiger partial charge is 0.394 e. The molecule has 38 atom stereocenters. The zero-order chi connectivity index (χ0) is 70.4. The molecule has 5 N–H and O–H groups in total. The SMILES string of the molecule is C=C1C[C@@H]2CCC34C[C@@H]5O[C@H]6[C@@H](O3)C3OC(CCC3O[C@H]6C5O4)CC(=O)C[C@@H]3[C@@H](C)[C@@H](C[C@H](O)CN)O[C@H]3C[C@H]3OC(CC[C@@H]1O2)C[C@@H](C)C3=C.C=C1C[C@@H]2CCC34C[C@@H]5O[C@H]6[C@@H](O3)C3OC(CCC3O[C@H]6C5O4)CC(=O)C[C@@H]3[C@@H](C)[C@@H](C[C@H](O)CO)O[C@H]3C[C@H]3OC(CC[C@@H]1O2)C[C@@H](C)C3=C. The third-order valence-electron chi connectivity index (χ3n) is 28.3. The number of hydrogen-bond donors (Lipinski definition) is 4. The maximum atomic E-state index is 14.0. The first-order valence-electron chi connectivity index (χ1n) is 40.1. The fourth-order valence-electron chi connectivity index (χ4n) is 22.5. The maximum absolute atomic E-state index is 14.0. The molecule has 12 unspecified atom stereocenters. The highest BCUT2D eigenvalue weighted by atomic mass is 16.8. The van der Waals surface area contributed by atoms with Gasteiger partial charge >= 0.3 is 0 Å². The summed E-state index contributed by atoms with van der Waals surface area (Å²) in [6.07, 6.45) is 12.1. The molecule has 0 aliphatic carbocycles. The number of rotatable bonds is 6. The molecule has 20 aliphatic heterocycles. The van der Waals surface area contributed by atoms with E-state index >= 15 is 0 Å². The minimum atomic E-state index is -0.872. The van der Waals surface area contributed by atoms with Crippen LogP contribution in [0.2, 0.25) is 0 Å². The van der Waals surface area contributed by atoms with Crippen LogP contribution in [0.5, 0.6) is 0 Å². The normalized spacial score (nSPS) is 53.2. The lowest BCUT2D eigenvalue weighted by molar-refractivity contribution is -0.292. The van der Waals surface area contributed by atoms with Gasteiger partial charge in [-0.3, -0.25) is 9.59 Å². The zero-order valence-corrected chi connectivity index (χ0v) is 60.7. The van der Waals surface area contributed by atoms with E-state index in [1.54, 1.807) is 0 Å². The second-order valence-electron chi connectivity index (χ2n) is 35.1. The van der Waals surface area contributed by atoms with Crippen molar-refractivity contribution in [2.45, 2.75) is 389 Å². The Kier molecular flexibility index (Phi) is 20.6. The summed E-state index contributed by atoms with van der Waals surface area (Å²) in [4.78, 5) is 28.0. The summed E-state index contributed by atoms with van der Waals surface area (Å²) in [5, 5.41) is 30.5. The smallest absolute Gasteiger partial charge is 0.172 e. The molecular formula is C80H117NO21. The number of carbonyl (C=O) groups is 2. The summed E-state index contributed by atoms with van der Waals surface area (Å²) in [5.41, 5.74) is 10.3. The second kappa shape index (κ2) is 29.1. The molecule has 22 heteroatoms. The van der Waals surface area contributed by atoms with Gasteiger partial charge in [0.25, 0.3) is 0 Å². The van der Waals surface area contributed by atoms with Crippen LogP contribution in [0.25, 0.3) is 0 Å². The van der Waals surface area contributed by atoms with E-state index in [1.165, 1.54) is 0 Å². The van der Waals surface area contributed by atoms with Gasteiger partial charge in [-0.1, -0.05) is 54.0 Å². The van der Waals surface area contributed by atoms with Crippen LogP contribution in [0.1, 0.15) is 195 Å². The van der Waals surface area contributed by atoms with Crippen molar-refractivity contribution in [3.63, 3.8) is 0 Å². The van der Waals surface area contributed by atoms with Crippen LogP contribution in [0.3, 0.4) is 0 Å². The summed E-state index contributed by atoms with van der Waals surface area (Å²) >= 11 is 0. The Morgan fingerprint density at radius 1 is 0.402 bits per heavy atom. The molecule has 0 aromatic rings. The number of hydrogen-bond acceptors (Lipinski definition) is 22. The van der Waals surface area contributed by atoms with E-state index in [9.17, 15) is 24.9 Å². The van der Waals surface area contributed by atoms with E-state index < -0.39 is 23.8 Å². The lowest BCUT2D eigenvalue weighted by Gasteiger charge is -2.47.